The molecule has 0 aliphatic rings. The number of imidazole rings is 1. The Kier molecular flexibility index (Phi) is 5.68. The lowest BCUT2D eigenvalue weighted by atomic mass is 10.1. The van der Waals surface area contributed by atoms with Crippen molar-refractivity contribution in [2.24, 2.45) is 0 Å². The number of fused-ring (bicyclic) bond motifs is 1. The van der Waals surface area contributed by atoms with Gasteiger partial charge in [0.15, 0.2) is 6.04 Å². The summed E-state index contributed by atoms with van der Waals surface area (Å²) in [6, 6.07) is 32.9. The number of benzene rings is 3. The maximum absolute atomic E-state index is 13.8. The van der Waals surface area contributed by atoms with Gasteiger partial charge in [-0.3, -0.25) is 9.78 Å². The molecule has 5 heteroatoms. The van der Waals surface area contributed by atoms with E-state index in [1.807, 2.05) is 115 Å². The number of nitrogens with zero attached hydrogens (tertiary/aromatic N) is 3. The number of carbonyl (C=O) groups is 1. The first-order valence-electron chi connectivity index (χ1n) is 11.0. The van der Waals surface area contributed by atoms with Gasteiger partial charge in [0.2, 0.25) is 5.91 Å². The minimum Gasteiger partial charge on any atom is -0.350 e. The molecular formula is C28H24N4O. The third-order valence-electron chi connectivity index (χ3n) is 5.63. The van der Waals surface area contributed by atoms with Crippen molar-refractivity contribution in [2.75, 3.05) is 0 Å². The Morgan fingerprint density at radius 3 is 2.27 bits per heavy atom. The van der Waals surface area contributed by atoms with Crippen LogP contribution in [0.25, 0.3) is 22.4 Å². The standard InChI is InChI=1S/C28H24N4O/c1-20-11-10-17-24(30-20)26(28(33)29-19-21-12-4-2-5-13-21)32-25-18-9-8-16-23(25)31-27(32)22-14-6-3-7-15-22/h2-18,26H,19H2,1H3,(H,29,33). The SMILES string of the molecule is Cc1cccc(C(C(=O)NCc2ccccc2)n2c(-c3ccccc3)nc3ccccc32)n1. The molecule has 0 fully saturated rings. The van der Waals surface area contributed by atoms with Gasteiger partial charge in [0.05, 0.1) is 16.7 Å². The lowest BCUT2D eigenvalue weighted by Gasteiger charge is -2.22. The maximum Gasteiger partial charge on any atom is 0.249 e. The first kappa shape index (κ1) is 20.6. The topological polar surface area (TPSA) is 59.8 Å². The predicted molar refractivity (Wildman–Crippen MR) is 131 cm³/mol. The summed E-state index contributed by atoms with van der Waals surface area (Å²) in [4.78, 5) is 23.4. The quantitative estimate of drug-likeness (QED) is 0.395. The highest BCUT2D eigenvalue weighted by Crippen LogP contribution is 2.31. The molecule has 33 heavy (non-hydrogen) atoms. The fourth-order valence-electron chi connectivity index (χ4n) is 4.08. The average Bonchev–Trinajstić information content (AvgIpc) is 3.23. The van der Waals surface area contributed by atoms with Crippen LogP contribution in [0, 0.1) is 6.92 Å². The predicted octanol–water partition coefficient (Wildman–Crippen LogP) is 5.31. The maximum atomic E-state index is 13.8. The third-order valence-corrected chi connectivity index (χ3v) is 5.63. The molecule has 5 rings (SSSR count). The number of pyridine rings is 1. The normalized spacial score (nSPS) is 11.9. The summed E-state index contributed by atoms with van der Waals surface area (Å²) in [6.45, 7) is 2.38. The van der Waals surface area contributed by atoms with Gasteiger partial charge in [-0.05, 0) is 36.8 Å². The minimum atomic E-state index is -0.670. The van der Waals surface area contributed by atoms with Crippen molar-refractivity contribution < 1.29 is 4.79 Å². The van der Waals surface area contributed by atoms with E-state index in [0.29, 0.717) is 12.2 Å². The van der Waals surface area contributed by atoms with Gasteiger partial charge >= 0.3 is 0 Å². The average molecular weight is 433 g/mol. The summed E-state index contributed by atoms with van der Waals surface area (Å²) in [7, 11) is 0. The van der Waals surface area contributed by atoms with Crippen LogP contribution in [0.15, 0.2) is 103 Å². The molecule has 5 aromatic rings. The Morgan fingerprint density at radius 1 is 0.818 bits per heavy atom. The molecule has 0 saturated heterocycles. The number of amides is 1. The third kappa shape index (κ3) is 4.26. The van der Waals surface area contributed by atoms with Crippen LogP contribution in [0.4, 0.5) is 0 Å². The van der Waals surface area contributed by atoms with Gasteiger partial charge in [-0.1, -0.05) is 78.9 Å². The highest BCUT2D eigenvalue weighted by Gasteiger charge is 2.29. The van der Waals surface area contributed by atoms with E-state index in [9.17, 15) is 4.79 Å². The Bertz CT molecular complexity index is 1390. The number of aromatic nitrogens is 3. The zero-order valence-corrected chi connectivity index (χ0v) is 18.3. The molecule has 2 aromatic heterocycles. The van der Waals surface area contributed by atoms with Crippen molar-refractivity contribution >= 4 is 16.9 Å². The highest BCUT2D eigenvalue weighted by molar-refractivity contribution is 5.89. The van der Waals surface area contributed by atoms with Gasteiger partial charge < -0.3 is 9.88 Å². The summed E-state index contributed by atoms with van der Waals surface area (Å²) >= 11 is 0. The minimum absolute atomic E-state index is 0.128. The molecule has 1 atom stereocenters. The summed E-state index contributed by atoms with van der Waals surface area (Å²) in [5, 5.41) is 3.12. The number of aryl methyl sites for hydroxylation is 1. The van der Waals surface area contributed by atoms with Crippen LogP contribution in [0.3, 0.4) is 0 Å². The van der Waals surface area contributed by atoms with Crippen molar-refractivity contribution in [1.82, 2.24) is 19.9 Å². The van der Waals surface area contributed by atoms with E-state index < -0.39 is 6.04 Å². The molecular weight excluding hydrogens is 408 g/mol. The smallest absolute Gasteiger partial charge is 0.249 e. The van der Waals surface area contributed by atoms with Gasteiger partial charge in [0.1, 0.15) is 5.82 Å². The highest BCUT2D eigenvalue weighted by atomic mass is 16.2. The van der Waals surface area contributed by atoms with Crippen molar-refractivity contribution in [1.29, 1.82) is 0 Å². The summed E-state index contributed by atoms with van der Waals surface area (Å²) < 4.78 is 2.01. The lowest BCUT2D eigenvalue weighted by Crippen LogP contribution is -2.34. The van der Waals surface area contributed by atoms with Gasteiger partial charge in [-0.2, -0.15) is 0 Å². The van der Waals surface area contributed by atoms with E-state index in [4.69, 9.17) is 9.97 Å². The molecule has 0 radical (unpaired) electrons. The number of para-hydroxylation sites is 2. The summed E-state index contributed by atoms with van der Waals surface area (Å²) in [6.07, 6.45) is 0. The fourth-order valence-corrected chi connectivity index (χ4v) is 4.08. The largest absolute Gasteiger partial charge is 0.350 e. The van der Waals surface area contributed by atoms with Gasteiger partial charge in [0.25, 0.3) is 0 Å². The summed E-state index contributed by atoms with van der Waals surface area (Å²) in [5.41, 5.74) is 5.26. The van der Waals surface area contributed by atoms with Crippen LogP contribution in [0.2, 0.25) is 0 Å². The molecule has 1 amide bonds. The second-order valence-electron chi connectivity index (χ2n) is 7.97. The molecule has 1 N–H and O–H groups in total. The molecule has 3 aromatic carbocycles. The van der Waals surface area contributed by atoms with E-state index in [2.05, 4.69) is 5.32 Å². The zero-order chi connectivity index (χ0) is 22.6. The van der Waals surface area contributed by atoms with Crippen molar-refractivity contribution in [3.8, 4) is 11.4 Å². The zero-order valence-electron chi connectivity index (χ0n) is 18.3. The molecule has 2 heterocycles. The molecule has 0 aliphatic carbocycles. The Hall–Kier alpha value is -4.25. The van der Waals surface area contributed by atoms with Crippen LogP contribution in [-0.2, 0) is 11.3 Å². The van der Waals surface area contributed by atoms with E-state index >= 15 is 0 Å². The van der Waals surface area contributed by atoms with E-state index in [1.54, 1.807) is 0 Å². The number of rotatable bonds is 6. The number of hydrogen-bond acceptors (Lipinski definition) is 3. The first-order valence-corrected chi connectivity index (χ1v) is 11.0. The van der Waals surface area contributed by atoms with Gasteiger partial charge in [0, 0.05) is 17.8 Å². The van der Waals surface area contributed by atoms with Crippen LogP contribution < -0.4 is 5.32 Å². The Morgan fingerprint density at radius 2 is 1.52 bits per heavy atom. The molecule has 0 saturated carbocycles. The van der Waals surface area contributed by atoms with Crippen molar-refractivity contribution in [2.45, 2.75) is 19.5 Å². The second kappa shape index (κ2) is 9.09. The molecule has 0 bridgehead atoms. The fraction of sp³-hybridized carbons (Fsp3) is 0.107. The number of nitrogens with one attached hydrogen (secondary N) is 1. The first-order chi connectivity index (χ1) is 16.2. The monoisotopic (exact) mass is 432 g/mol. The molecule has 5 nitrogen and oxygen atoms in total. The van der Waals surface area contributed by atoms with Crippen molar-refractivity contribution in [3.05, 3.63) is 120 Å². The molecule has 162 valence electrons. The second-order valence-corrected chi connectivity index (χ2v) is 7.97. The number of carbonyl (C=O) groups excluding carboxylic acids is 1. The van der Waals surface area contributed by atoms with E-state index in [0.717, 1.165) is 33.7 Å². The van der Waals surface area contributed by atoms with Crippen LogP contribution in [0.5, 0.6) is 0 Å². The summed E-state index contributed by atoms with van der Waals surface area (Å²) in [5.74, 6) is 0.609. The van der Waals surface area contributed by atoms with Crippen LogP contribution in [-0.4, -0.2) is 20.4 Å². The van der Waals surface area contributed by atoms with Crippen molar-refractivity contribution in [3.63, 3.8) is 0 Å². The molecule has 0 aliphatic heterocycles. The van der Waals surface area contributed by atoms with Gasteiger partial charge in [-0.25, -0.2) is 4.98 Å². The Balaban J connectivity index is 1.66. The number of hydrogen-bond donors (Lipinski definition) is 1. The van der Waals surface area contributed by atoms with Gasteiger partial charge in [-0.15, -0.1) is 0 Å². The molecule has 0 spiro atoms. The lowest BCUT2D eigenvalue weighted by molar-refractivity contribution is -0.123. The van der Waals surface area contributed by atoms with E-state index in [1.165, 1.54) is 0 Å². The molecule has 1 unspecified atom stereocenters. The van der Waals surface area contributed by atoms with E-state index in [-0.39, 0.29) is 5.91 Å². The van der Waals surface area contributed by atoms with Crippen LogP contribution in [0.1, 0.15) is 23.0 Å². The van der Waals surface area contributed by atoms with Crippen LogP contribution >= 0.6 is 0 Å². The Labute approximate surface area is 192 Å².